The third-order valence-corrected chi connectivity index (χ3v) is 4.61. The summed E-state index contributed by atoms with van der Waals surface area (Å²) in [7, 11) is 0. The summed E-state index contributed by atoms with van der Waals surface area (Å²) in [5, 5.41) is 1.24. The fraction of sp³-hybridized carbons (Fsp3) is 0.471. The Bertz CT molecular complexity index is 611. The number of anilines is 1. The zero-order valence-corrected chi connectivity index (χ0v) is 12.9. The maximum absolute atomic E-state index is 6.02. The van der Waals surface area contributed by atoms with E-state index in [1.54, 1.807) is 0 Å². The number of para-hydroxylation sites is 1. The Hall–Kier alpha value is -1.28. The van der Waals surface area contributed by atoms with Gasteiger partial charge in [-0.1, -0.05) is 25.1 Å². The summed E-state index contributed by atoms with van der Waals surface area (Å²) in [6, 6.07) is 11.1. The molecule has 2 nitrogen and oxygen atoms in total. The third-order valence-electron chi connectivity index (χ3n) is 4.33. The number of hydrogen-bond acceptors (Lipinski definition) is 2. The minimum absolute atomic E-state index is 0.469. The Balaban J connectivity index is 2.09. The van der Waals surface area contributed by atoms with Crippen molar-refractivity contribution in [1.29, 1.82) is 0 Å². The first-order valence-electron chi connectivity index (χ1n) is 7.40. The van der Waals surface area contributed by atoms with Gasteiger partial charge in [-0.25, -0.2) is 0 Å². The van der Waals surface area contributed by atoms with Crippen molar-refractivity contribution in [2.75, 3.05) is 11.4 Å². The molecule has 1 aliphatic heterocycles. The predicted octanol–water partition coefficient (Wildman–Crippen LogP) is 4.60. The quantitative estimate of drug-likeness (QED) is 0.751. The van der Waals surface area contributed by atoms with Gasteiger partial charge in [-0.05, 0) is 37.8 Å². The minimum Gasteiger partial charge on any atom is -0.368 e. The van der Waals surface area contributed by atoms with Crippen molar-refractivity contribution < 1.29 is 0 Å². The van der Waals surface area contributed by atoms with Gasteiger partial charge in [-0.2, -0.15) is 0 Å². The van der Waals surface area contributed by atoms with Crippen LogP contribution in [0.1, 0.15) is 32.4 Å². The van der Waals surface area contributed by atoms with Gasteiger partial charge in [0.25, 0.3) is 0 Å². The monoisotopic (exact) mass is 288 g/mol. The van der Waals surface area contributed by atoms with Crippen LogP contribution in [0.15, 0.2) is 30.3 Å². The average Bonchev–Trinajstić information content (AvgIpc) is 2.46. The highest BCUT2D eigenvalue weighted by molar-refractivity contribution is 6.17. The van der Waals surface area contributed by atoms with Gasteiger partial charge in [0.05, 0.1) is 17.1 Å². The number of hydrogen-bond donors (Lipinski definition) is 0. The molecule has 3 rings (SSSR count). The summed E-state index contributed by atoms with van der Waals surface area (Å²) in [4.78, 5) is 7.16. The van der Waals surface area contributed by atoms with E-state index in [1.807, 2.05) is 6.07 Å². The first kappa shape index (κ1) is 13.7. The summed E-state index contributed by atoms with van der Waals surface area (Å²) in [5.74, 6) is 1.29. The number of pyridine rings is 1. The average molecular weight is 289 g/mol. The molecule has 2 heterocycles. The largest absolute Gasteiger partial charge is 0.368 e. The van der Waals surface area contributed by atoms with Crippen LogP contribution in [0.5, 0.6) is 0 Å². The lowest BCUT2D eigenvalue weighted by Gasteiger charge is -2.39. The number of fused-ring (bicyclic) bond motifs is 1. The molecule has 1 aromatic heterocycles. The van der Waals surface area contributed by atoms with Crippen molar-refractivity contribution in [3.8, 4) is 0 Å². The molecule has 1 saturated heterocycles. The number of nitrogens with zero attached hydrogens (tertiary/aromatic N) is 2. The number of benzene rings is 1. The number of aromatic nitrogens is 1. The maximum atomic E-state index is 6.02. The molecule has 2 unspecified atom stereocenters. The molecular formula is C17H21ClN2. The molecule has 20 heavy (non-hydrogen) atoms. The predicted molar refractivity (Wildman–Crippen MR) is 86.5 cm³/mol. The van der Waals surface area contributed by atoms with Crippen LogP contribution in [-0.4, -0.2) is 17.6 Å². The fourth-order valence-electron chi connectivity index (χ4n) is 3.28. The number of halogens is 1. The highest BCUT2D eigenvalue weighted by Gasteiger charge is 2.24. The van der Waals surface area contributed by atoms with Crippen molar-refractivity contribution in [2.24, 2.45) is 5.92 Å². The van der Waals surface area contributed by atoms with Gasteiger partial charge < -0.3 is 4.90 Å². The van der Waals surface area contributed by atoms with Crippen molar-refractivity contribution >= 4 is 28.2 Å². The maximum Gasteiger partial charge on any atom is 0.0726 e. The van der Waals surface area contributed by atoms with Gasteiger partial charge >= 0.3 is 0 Å². The summed E-state index contributed by atoms with van der Waals surface area (Å²) in [5.41, 5.74) is 3.31. The third kappa shape index (κ3) is 2.49. The van der Waals surface area contributed by atoms with Crippen molar-refractivity contribution in [3.63, 3.8) is 0 Å². The van der Waals surface area contributed by atoms with Crippen molar-refractivity contribution in [2.45, 2.75) is 38.6 Å². The van der Waals surface area contributed by atoms with E-state index in [0.29, 0.717) is 11.9 Å². The second-order valence-corrected chi connectivity index (χ2v) is 6.22. The fourth-order valence-corrected chi connectivity index (χ4v) is 3.42. The number of rotatable bonds is 2. The molecule has 106 valence electrons. The molecule has 2 atom stereocenters. The summed E-state index contributed by atoms with van der Waals surface area (Å²) >= 11 is 6.02. The topological polar surface area (TPSA) is 16.1 Å². The molecule has 0 radical (unpaired) electrons. The van der Waals surface area contributed by atoms with Gasteiger partial charge in [-0.15, -0.1) is 11.6 Å². The molecule has 0 spiro atoms. The zero-order chi connectivity index (χ0) is 14.1. The van der Waals surface area contributed by atoms with Gasteiger partial charge in [0.1, 0.15) is 0 Å². The second-order valence-electron chi connectivity index (χ2n) is 5.96. The Morgan fingerprint density at radius 3 is 2.85 bits per heavy atom. The van der Waals surface area contributed by atoms with Crippen LogP contribution >= 0.6 is 11.6 Å². The lowest BCUT2D eigenvalue weighted by molar-refractivity contribution is 0.378. The van der Waals surface area contributed by atoms with E-state index in [0.717, 1.165) is 23.7 Å². The summed E-state index contributed by atoms with van der Waals surface area (Å²) < 4.78 is 0. The van der Waals surface area contributed by atoms with Crippen molar-refractivity contribution in [1.82, 2.24) is 4.98 Å². The molecule has 1 aromatic carbocycles. The zero-order valence-electron chi connectivity index (χ0n) is 12.1. The SMILES string of the molecule is CC1CCN(c2cc(CCl)nc3ccccc23)C(C)C1. The first-order chi connectivity index (χ1) is 9.69. The summed E-state index contributed by atoms with van der Waals surface area (Å²) in [6.07, 6.45) is 2.52. The lowest BCUT2D eigenvalue weighted by Crippen LogP contribution is -2.40. The Labute approximate surface area is 125 Å². The van der Waals surface area contributed by atoms with Crippen LogP contribution in [0.4, 0.5) is 5.69 Å². The van der Waals surface area contributed by atoms with E-state index in [9.17, 15) is 0 Å². The van der Waals surface area contributed by atoms with E-state index in [2.05, 4.69) is 48.0 Å². The Morgan fingerprint density at radius 1 is 1.30 bits per heavy atom. The Kier molecular flexibility index (Phi) is 3.84. The molecule has 0 amide bonds. The van der Waals surface area contributed by atoms with Crippen LogP contribution in [0.3, 0.4) is 0 Å². The Morgan fingerprint density at radius 2 is 2.10 bits per heavy atom. The molecule has 1 fully saturated rings. The van der Waals surface area contributed by atoms with Crippen LogP contribution in [0.2, 0.25) is 0 Å². The molecule has 0 N–H and O–H groups in total. The van der Waals surface area contributed by atoms with Gasteiger partial charge in [0, 0.05) is 23.7 Å². The van der Waals surface area contributed by atoms with Crippen LogP contribution < -0.4 is 4.90 Å². The van der Waals surface area contributed by atoms with Crippen LogP contribution in [0, 0.1) is 5.92 Å². The second kappa shape index (κ2) is 5.61. The van der Waals surface area contributed by atoms with E-state index in [1.165, 1.54) is 23.9 Å². The molecule has 0 bridgehead atoms. The van der Waals surface area contributed by atoms with Gasteiger partial charge in [-0.3, -0.25) is 4.98 Å². The lowest BCUT2D eigenvalue weighted by atomic mass is 9.92. The summed E-state index contributed by atoms with van der Waals surface area (Å²) in [6.45, 7) is 5.80. The minimum atomic E-state index is 0.469. The first-order valence-corrected chi connectivity index (χ1v) is 7.93. The molecule has 3 heteroatoms. The van der Waals surface area contributed by atoms with E-state index in [4.69, 9.17) is 11.6 Å². The molecule has 0 aliphatic carbocycles. The van der Waals surface area contributed by atoms with E-state index < -0.39 is 0 Å². The number of piperidine rings is 1. The van der Waals surface area contributed by atoms with Crippen LogP contribution in [-0.2, 0) is 5.88 Å². The smallest absolute Gasteiger partial charge is 0.0726 e. The highest BCUT2D eigenvalue weighted by atomic mass is 35.5. The normalized spacial score (nSPS) is 23.2. The van der Waals surface area contributed by atoms with Crippen LogP contribution in [0.25, 0.3) is 10.9 Å². The van der Waals surface area contributed by atoms with E-state index >= 15 is 0 Å². The van der Waals surface area contributed by atoms with Gasteiger partial charge in [0.2, 0.25) is 0 Å². The van der Waals surface area contributed by atoms with Crippen molar-refractivity contribution in [3.05, 3.63) is 36.0 Å². The number of alkyl halides is 1. The van der Waals surface area contributed by atoms with E-state index in [-0.39, 0.29) is 0 Å². The van der Waals surface area contributed by atoms with Gasteiger partial charge in [0.15, 0.2) is 0 Å². The molecular weight excluding hydrogens is 268 g/mol. The standard InChI is InChI=1S/C17H21ClN2/c1-12-7-8-20(13(2)9-12)17-10-14(11-18)19-16-6-4-3-5-15(16)17/h3-6,10,12-13H,7-9,11H2,1-2H3. The molecule has 1 aliphatic rings. The molecule has 2 aromatic rings. The molecule has 0 saturated carbocycles. The highest BCUT2D eigenvalue weighted by Crippen LogP contribution is 2.33.